The topological polar surface area (TPSA) is 92.3 Å². The molecule has 0 saturated carbocycles. The minimum absolute atomic E-state index is 0.160. The number of anilines is 1. The van der Waals surface area contributed by atoms with Crippen molar-refractivity contribution in [3.8, 4) is 0 Å². The largest absolute Gasteiger partial charge is 0.367 e. The second kappa shape index (κ2) is 5.62. The zero-order valence-corrected chi connectivity index (χ0v) is 11.4. The van der Waals surface area contributed by atoms with Crippen molar-refractivity contribution >= 4 is 22.1 Å². The van der Waals surface area contributed by atoms with Crippen LogP contribution in [0.4, 0.5) is 5.82 Å². The van der Waals surface area contributed by atoms with Crippen molar-refractivity contribution in [1.82, 2.24) is 14.3 Å². The summed E-state index contributed by atoms with van der Waals surface area (Å²) in [5.74, 6) is 0.593. The number of rotatable bonds is 4. The van der Waals surface area contributed by atoms with Gasteiger partial charge in [-0.3, -0.25) is 4.79 Å². The highest BCUT2D eigenvalue weighted by molar-refractivity contribution is 7.88. The summed E-state index contributed by atoms with van der Waals surface area (Å²) >= 11 is 0. The van der Waals surface area contributed by atoms with Crippen LogP contribution in [0.15, 0.2) is 12.4 Å². The highest BCUT2D eigenvalue weighted by atomic mass is 32.2. The molecule has 1 aromatic rings. The first kappa shape index (κ1) is 13.9. The number of sulfonamides is 1. The molecule has 104 valence electrons. The lowest BCUT2D eigenvalue weighted by Crippen LogP contribution is -2.41. The van der Waals surface area contributed by atoms with Gasteiger partial charge in [0.1, 0.15) is 17.8 Å². The van der Waals surface area contributed by atoms with Crippen LogP contribution in [-0.2, 0) is 10.0 Å². The summed E-state index contributed by atoms with van der Waals surface area (Å²) in [7, 11) is -3.10. The van der Waals surface area contributed by atoms with Gasteiger partial charge in [-0.15, -0.1) is 0 Å². The first-order valence-electron chi connectivity index (χ1n) is 5.98. The van der Waals surface area contributed by atoms with E-state index in [0.717, 1.165) is 0 Å². The molecular formula is C11H16N4O3S. The number of piperidine rings is 1. The normalized spacial score (nSPS) is 18.2. The van der Waals surface area contributed by atoms with Crippen LogP contribution in [-0.4, -0.2) is 54.4 Å². The molecule has 0 amide bonds. The minimum atomic E-state index is -3.10. The molecule has 1 aliphatic heterocycles. The number of hydrogen-bond acceptors (Lipinski definition) is 6. The molecule has 1 N–H and O–H groups in total. The molecule has 0 unspecified atom stereocenters. The Morgan fingerprint density at radius 1 is 1.37 bits per heavy atom. The van der Waals surface area contributed by atoms with Gasteiger partial charge in [0.25, 0.3) is 0 Å². The monoisotopic (exact) mass is 284 g/mol. The van der Waals surface area contributed by atoms with Gasteiger partial charge in [-0.05, 0) is 12.8 Å². The van der Waals surface area contributed by atoms with Crippen molar-refractivity contribution in [1.29, 1.82) is 0 Å². The number of carbonyl (C=O) groups is 1. The standard InChI is InChI=1S/C11H16N4O3S/c1-19(17,18)15-4-2-9(3-5-15)14-11-6-10(7-16)12-8-13-11/h6-9H,2-5H2,1H3,(H,12,13,14). The van der Waals surface area contributed by atoms with Gasteiger partial charge in [0.15, 0.2) is 6.29 Å². The molecule has 1 aromatic heterocycles. The molecule has 0 spiro atoms. The number of aldehydes is 1. The van der Waals surface area contributed by atoms with E-state index < -0.39 is 10.0 Å². The molecule has 0 bridgehead atoms. The second-order valence-electron chi connectivity index (χ2n) is 4.53. The van der Waals surface area contributed by atoms with Crippen LogP contribution in [0.25, 0.3) is 0 Å². The van der Waals surface area contributed by atoms with Crippen molar-refractivity contribution in [3.63, 3.8) is 0 Å². The molecule has 8 heteroatoms. The van der Waals surface area contributed by atoms with Gasteiger partial charge in [0, 0.05) is 25.2 Å². The maximum Gasteiger partial charge on any atom is 0.211 e. The fraction of sp³-hybridized carbons (Fsp3) is 0.545. The molecule has 1 aliphatic rings. The third-order valence-corrected chi connectivity index (χ3v) is 4.39. The number of nitrogens with zero attached hydrogens (tertiary/aromatic N) is 3. The zero-order valence-electron chi connectivity index (χ0n) is 10.6. The van der Waals surface area contributed by atoms with Gasteiger partial charge >= 0.3 is 0 Å². The number of aromatic nitrogens is 2. The predicted molar refractivity (Wildman–Crippen MR) is 70.5 cm³/mol. The zero-order chi connectivity index (χ0) is 13.9. The van der Waals surface area contributed by atoms with Gasteiger partial charge < -0.3 is 5.32 Å². The van der Waals surface area contributed by atoms with E-state index in [9.17, 15) is 13.2 Å². The number of hydrogen-bond donors (Lipinski definition) is 1. The molecule has 0 aromatic carbocycles. The molecule has 2 rings (SSSR count). The van der Waals surface area contributed by atoms with Gasteiger partial charge in [-0.1, -0.05) is 0 Å². The van der Waals surface area contributed by atoms with Crippen molar-refractivity contribution < 1.29 is 13.2 Å². The van der Waals surface area contributed by atoms with Crippen LogP contribution in [0.3, 0.4) is 0 Å². The first-order chi connectivity index (χ1) is 8.99. The lowest BCUT2D eigenvalue weighted by atomic mass is 10.1. The Labute approximate surface area is 112 Å². The summed E-state index contributed by atoms with van der Waals surface area (Å²) in [4.78, 5) is 18.4. The Bertz CT molecular complexity index is 553. The molecule has 2 heterocycles. The molecule has 0 aliphatic carbocycles. The van der Waals surface area contributed by atoms with E-state index in [4.69, 9.17) is 0 Å². The van der Waals surface area contributed by atoms with E-state index in [-0.39, 0.29) is 6.04 Å². The highest BCUT2D eigenvalue weighted by Crippen LogP contribution is 2.16. The molecule has 7 nitrogen and oxygen atoms in total. The van der Waals surface area contributed by atoms with Crippen LogP contribution in [0, 0.1) is 0 Å². The van der Waals surface area contributed by atoms with Crippen molar-refractivity contribution in [2.24, 2.45) is 0 Å². The van der Waals surface area contributed by atoms with E-state index in [1.165, 1.54) is 16.9 Å². The maximum atomic E-state index is 11.4. The van der Waals surface area contributed by atoms with Crippen LogP contribution in [0.1, 0.15) is 23.3 Å². The quantitative estimate of drug-likeness (QED) is 0.790. The van der Waals surface area contributed by atoms with Crippen LogP contribution in [0.2, 0.25) is 0 Å². The van der Waals surface area contributed by atoms with Gasteiger partial charge in [0.2, 0.25) is 10.0 Å². The molecule has 0 atom stereocenters. The summed E-state index contributed by atoms with van der Waals surface area (Å²) in [6.45, 7) is 1.00. The average Bonchev–Trinajstić information content (AvgIpc) is 2.38. The summed E-state index contributed by atoms with van der Waals surface area (Å²) in [5.41, 5.74) is 0.325. The molecular weight excluding hydrogens is 268 g/mol. The third-order valence-electron chi connectivity index (χ3n) is 3.08. The summed E-state index contributed by atoms with van der Waals surface area (Å²) in [6, 6.07) is 1.74. The molecule has 0 radical (unpaired) electrons. The van der Waals surface area contributed by atoms with E-state index >= 15 is 0 Å². The summed E-state index contributed by atoms with van der Waals surface area (Å²) in [6.07, 6.45) is 4.65. The van der Waals surface area contributed by atoms with Gasteiger partial charge in [-0.25, -0.2) is 22.7 Å². The van der Waals surface area contributed by atoms with E-state index in [1.807, 2.05) is 0 Å². The second-order valence-corrected chi connectivity index (χ2v) is 6.51. The predicted octanol–water partition coefficient (Wildman–Crippen LogP) is 0.125. The Morgan fingerprint density at radius 3 is 2.63 bits per heavy atom. The molecule has 19 heavy (non-hydrogen) atoms. The SMILES string of the molecule is CS(=O)(=O)N1CCC(Nc2cc(C=O)ncn2)CC1. The fourth-order valence-electron chi connectivity index (χ4n) is 2.06. The summed E-state index contributed by atoms with van der Waals surface area (Å²) in [5, 5.41) is 3.20. The Hall–Kier alpha value is -1.54. The third kappa shape index (κ3) is 3.71. The number of carbonyl (C=O) groups excluding carboxylic acids is 1. The first-order valence-corrected chi connectivity index (χ1v) is 7.83. The van der Waals surface area contributed by atoms with Gasteiger partial charge in [0.05, 0.1) is 6.26 Å². The maximum absolute atomic E-state index is 11.4. The van der Waals surface area contributed by atoms with E-state index in [1.54, 1.807) is 6.07 Å². The summed E-state index contributed by atoms with van der Waals surface area (Å²) < 4.78 is 24.2. The van der Waals surface area contributed by atoms with E-state index in [2.05, 4.69) is 15.3 Å². The number of nitrogens with one attached hydrogen (secondary N) is 1. The smallest absolute Gasteiger partial charge is 0.211 e. The Morgan fingerprint density at radius 2 is 2.05 bits per heavy atom. The Kier molecular flexibility index (Phi) is 4.11. The fourth-order valence-corrected chi connectivity index (χ4v) is 2.93. The molecule has 1 fully saturated rings. The van der Waals surface area contributed by atoms with Crippen LogP contribution in [0.5, 0.6) is 0 Å². The minimum Gasteiger partial charge on any atom is -0.367 e. The lowest BCUT2D eigenvalue weighted by Gasteiger charge is -2.30. The lowest BCUT2D eigenvalue weighted by molar-refractivity contribution is 0.111. The Balaban J connectivity index is 1.94. The van der Waals surface area contributed by atoms with E-state index in [0.29, 0.717) is 43.7 Å². The van der Waals surface area contributed by atoms with Crippen molar-refractivity contribution in [2.75, 3.05) is 24.7 Å². The van der Waals surface area contributed by atoms with Crippen LogP contribution >= 0.6 is 0 Å². The average molecular weight is 284 g/mol. The molecule has 1 saturated heterocycles. The van der Waals surface area contributed by atoms with Gasteiger partial charge in [-0.2, -0.15) is 0 Å². The van der Waals surface area contributed by atoms with Crippen LogP contribution < -0.4 is 5.32 Å². The van der Waals surface area contributed by atoms with Crippen molar-refractivity contribution in [2.45, 2.75) is 18.9 Å². The highest BCUT2D eigenvalue weighted by Gasteiger charge is 2.24. The van der Waals surface area contributed by atoms with Crippen molar-refractivity contribution in [3.05, 3.63) is 18.1 Å².